The number of nitrogens with zero attached hydrogens (tertiary/aromatic N) is 5. The Hall–Kier alpha value is -0.970. The lowest BCUT2D eigenvalue weighted by Gasteiger charge is -2.36. The second-order valence-corrected chi connectivity index (χ2v) is 9.24. The highest BCUT2D eigenvalue weighted by Gasteiger charge is 2.22. The van der Waals surface area contributed by atoms with Crippen molar-refractivity contribution in [2.75, 3.05) is 49.9 Å². The lowest BCUT2D eigenvalue weighted by molar-refractivity contribution is 0.370. The van der Waals surface area contributed by atoms with Crippen molar-refractivity contribution in [2.45, 2.75) is 32.4 Å². The summed E-state index contributed by atoms with van der Waals surface area (Å²) < 4.78 is 12.0. The Morgan fingerprint density at radius 1 is 1.23 bits per heavy atom. The molecule has 0 spiro atoms. The molecule has 1 fully saturated rings. The van der Waals surface area contributed by atoms with Crippen LogP contribution < -0.4 is 10.2 Å². The fraction of sp³-hybridized carbons (Fsp3) is 0.706. The van der Waals surface area contributed by atoms with Crippen molar-refractivity contribution in [1.29, 1.82) is 0 Å². The lowest BCUT2D eigenvalue weighted by Crippen LogP contribution is -2.53. The van der Waals surface area contributed by atoms with Crippen LogP contribution in [0.5, 0.6) is 0 Å². The maximum Gasteiger partial charge on any atom is 0.225 e. The highest BCUT2D eigenvalue weighted by atomic mass is 127. The zero-order valence-electron chi connectivity index (χ0n) is 16.1. The summed E-state index contributed by atoms with van der Waals surface area (Å²) in [5, 5.41) is 3.35. The van der Waals surface area contributed by atoms with E-state index in [1.54, 1.807) is 12.4 Å². The van der Waals surface area contributed by atoms with Crippen molar-refractivity contribution in [3.8, 4) is 0 Å². The Morgan fingerprint density at radius 3 is 2.38 bits per heavy atom. The van der Waals surface area contributed by atoms with Gasteiger partial charge in [0.15, 0.2) is 5.96 Å². The van der Waals surface area contributed by atoms with Crippen LogP contribution in [0.25, 0.3) is 0 Å². The number of aromatic nitrogens is 2. The molecule has 0 aliphatic carbocycles. The first-order valence-electron chi connectivity index (χ1n) is 8.85. The monoisotopic (exact) mass is 494 g/mol. The summed E-state index contributed by atoms with van der Waals surface area (Å²) in [6, 6.07) is 1.83. The molecule has 0 saturated carbocycles. The van der Waals surface area contributed by atoms with Crippen LogP contribution in [-0.2, 0) is 10.8 Å². The van der Waals surface area contributed by atoms with Crippen molar-refractivity contribution >= 4 is 46.7 Å². The van der Waals surface area contributed by atoms with Gasteiger partial charge < -0.3 is 15.1 Å². The third-order valence-electron chi connectivity index (χ3n) is 3.97. The number of anilines is 1. The van der Waals surface area contributed by atoms with E-state index in [0.717, 1.165) is 44.6 Å². The zero-order valence-corrected chi connectivity index (χ0v) is 19.3. The first kappa shape index (κ1) is 23.1. The summed E-state index contributed by atoms with van der Waals surface area (Å²) in [5.74, 6) is 2.28. The van der Waals surface area contributed by atoms with E-state index in [1.807, 2.05) is 26.8 Å². The highest BCUT2D eigenvalue weighted by molar-refractivity contribution is 14.0. The fourth-order valence-electron chi connectivity index (χ4n) is 2.54. The summed E-state index contributed by atoms with van der Waals surface area (Å²) in [4.78, 5) is 17.8. The van der Waals surface area contributed by atoms with E-state index in [4.69, 9.17) is 0 Å². The van der Waals surface area contributed by atoms with Crippen LogP contribution in [0.4, 0.5) is 5.95 Å². The molecule has 1 N–H and O–H groups in total. The Bertz CT molecular complexity index is 585. The summed E-state index contributed by atoms with van der Waals surface area (Å²) in [5.41, 5.74) is 0. The molecule has 26 heavy (non-hydrogen) atoms. The molecule has 0 bridgehead atoms. The van der Waals surface area contributed by atoms with Gasteiger partial charge in [-0.25, -0.2) is 9.97 Å². The number of guanidine groups is 1. The maximum atomic E-state index is 12.2. The number of rotatable bonds is 5. The van der Waals surface area contributed by atoms with Crippen LogP contribution in [-0.4, -0.2) is 74.8 Å². The highest BCUT2D eigenvalue weighted by Crippen LogP contribution is 2.12. The van der Waals surface area contributed by atoms with Crippen molar-refractivity contribution in [2.24, 2.45) is 4.99 Å². The van der Waals surface area contributed by atoms with E-state index in [0.29, 0.717) is 12.3 Å². The van der Waals surface area contributed by atoms with Gasteiger partial charge in [-0.15, -0.1) is 24.0 Å². The van der Waals surface area contributed by atoms with Gasteiger partial charge in [-0.2, -0.15) is 0 Å². The van der Waals surface area contributed by atoms with Crippen molar-refractivity contribution < 1.29 is 4.21 Å². The molecule has 0 radical (unpaired) electrons. The van der Waals surface area contributed by atoms with Gasteiger partial charge in [0, 0.05) is 66.4 Å². The molecule has 1 aliphatic rings. The number of piperazine rings is 1. The van der Waals surface area contributed by atoms with Gasteiger partial charge in [-0.3, -0.25) is 9.20 Å². The molecule has 9 heteroatoms. The Balaban J connectivity index is 0.00000338. The molecule has 2 heterocycles. The van der Waals surface area contributed by atoms with Gasteiger partial charge in [0.05, 0.1) is 6.54 Å². The standard InChI is InChI=1S/C17H30N6OS.HI/c1-5-18-15(21-9-14-25(24)17(2,3)4)22-10-12-23(13-11-22)16-19-7-6-8-20-16;/h6-8H,5,9-14H2,1-4H3,(H,18,21);1H. The largest absolute Gasteiger partial charge is 0.357 e. The van der Waals surface area contributed by atoms with E-state index >= 15 is 0 Å². The average Bonchev–Trinajstić information content (AvgIpc) is 2.61. The van der Waals surface area contributed by atoms with Crippen LogP contribution in [0, 0.1) is 0 Å². The number of hydrogen-bond donors (Lipinski definition) is 1. The number of hydrogen-bond acceptors (Lipinski definition) is 5. The van der Waals surface area contributed by atoms with Gasteiger partial charge in [-0.05, 0) is 33.8 Å². The average molecular weight is 494 g/mol. The van der Waals surface area contributed by atoms with Crippen LogP contribution in [0.3, 0.4) is 0 Å². The van der Waals surface area contributed by atoms with E-state index in [-0.39, 0.29) is 28.7 Å². The second kappa shape index (κ2) is 11.0. The van der Waals surface area contributed by atoms with E-state index < -0.39 is 10.8 Å². The maximum absolute atomic E-state index is 12.2. The lowest BCUT2D eigenvalue weighted by atomic mass is 10.3. The first-order chi connectivity index (χ1) is 11.9. The minimum atomic E-state index is -0.871. The van der Waals surface area contributed by atoms with Gasteiger partial charge in [0.25, 0.3) is 0 Å². The van der Waals surface area contributed by atoms with E-state index in [1.165, 1.54) is 0 Å². The number of nitrogens with one attached hydrogen (secondary N) is 1. The predicted octanol–water partition coefficient (Wildman–Crippen LogP) is 1.73. The molecule has 1 unspecified atom stereocenters. The topological polar surface area (TPSA) is 73.7 Å². The Morgan fingerprint density at radius 2 is 1.85 bits per heavy atom. The third kappa shape index (κ3) is 6.98. The Kier molecular flexibility index (Phi) is 9.77. The quantitative estimate of drug-likeness (QED) is 0.382. The van der Waals surface area contributed by atoms with E-state index in [2.05, 4.69) is 37.0 Å². The molecule has 1 aromatic rings. The number of aliphatic imine (C=N–C) groups is 1. The molecule has 1 aromatic heterocycles. The van der Waals surface area contributed by atoms with Crippen LogP contribution in [0.15, 0.2) is 23.5 Å². The molecule has 1 aliphatic heterocycles. The van der Waals surface area contributed by atoms with Gasteiger partial charge in [-0.1, -0.05) is 0 Å². The van der Waals surface area contributed by atoms with Gasteiger partial charge >= 0.3 is 0 Å². The first-order valence-corrected chi connectivity index (χ1v) is 10.2. The molecule has 0 amide bonds. The fourth-order valence-corrected chi connectivity index (χ4v) is 3.41. The molecule has 7 nitrogen and oxygen atoms in total. The van der Waals surface area contributed by atoms with Crippen molar-refractivity contribution in [3.63, 3.8) is 0 Å². The predicted molar refractivity (Wildman–Crippen MR) is 120 cm³/mol. The zero-order chi connectivity index (χ0) is 18.3. The minimum absolute atomic E-state index is 0. The summed E-state index contributed by atoms with van der Waals surface area (Å²) in [6.45, 7) is 12.9. The molecule has 1 atom stereocenters. The number of halogens is 1. The molecular weight excluding hydrogens is 463 g/mol. The molecule has 2 rings (SSSR count). The summed E-state index contributed by atoms with van der Waals surface area (Å²) in [6.07, 6.45) is 3.55. The summed E-state index contributed by atoms with van der Waals surface area (Å²) in [7, 11) is -0.871. The van der Waals surface area contributed by atoms with Crippen molar-refractivity contribution in [1.82, 2.24) is 20.2 Å². The SMILES string of the molecule is CCNC(=NCCS(=O)C(C)(C)C)N1CCN(c2ncccn2)CC1.I. The van der Waals surface area contributed by atoms with Gasteiger partial charge in [0.2, 0.25) is 5.95 Å². The third-order valence-corrected chi connectivity index (χ3v) is 5.89. The van der Waals surface area contributed by atoms with Crippen LogP contribution in [0.1, 0.15) is 27.7 Å². The molecular formula is C17H31IN6OS. The minimum Gasteiger partial charge on any atom is -0.357 e. The Labute approximate surface area is 176 Å². The van der Waals surface area contributed by atoms with Crippen LogP contribution >= 0.6 is 24.0 Å². The van der Waals surface area contributed by atoms with E-state index in [9.17, 15) is 4.21 Å². The molecule has 1 saturated heterocycles. The molecule has 0 aromatic carbocycles. The second-order valence-electron chi connectivity index (χ2n) is 6.92. The van der Waals surface area contributed by atoms with Crippen molar-refractivity contribution in [3.05, 3.63) is 18.5 Å². The smallest absolute Gasteiger partial charge is 0.225 e. The normalized spacial score (nSPS) is 16.8. The molecule has 148 valence electrons. The van der Waals surface area contributed by atoms with Crippen LogP contribution in [0.2, 0.25) is 0 Å². The summed E-state index contributed by atoms with van der Waals surface area (Å²) >= 11 is 0. The van der Waals surface area contributed by atoms with Gasteiger partial charge in [0.1, 0.15) is 0 Å².